The summed E-state index contributed by atoms with van der Waals surface area (Å²) in [7, 11) is 0. The van der Waals surface area contributed by atoms with Crippen molar-refractivity contribution in [2.45, 2.75) is 18.8 Å². The summed E-state index contributed by atoms with van der Waals surface area (Å²) in [6.45, 7) is 1.90. The molecule has 0 radical (unpaired) electrons. The molecule has 1 atom stereocenters. The summed E-state index contributed by atoms with van der Waals surface area (Å²) in [5.41, 5.74) is 0.685. The first-order chi connectivity index (χ1) is 9.83. The number of hydrogen-bond acceptors (Lipinski definition) is 6. The van der Waals surface area contributed by atoms with Crippen LogP contribution in [0.15, 0.2) is 21.3 Å². The molecule has 3 rings (SSSR count). The van der Waals surface area contributed by atoms with Crippen LogP contribution in [0.4, 0.5) is 0 Å². The standard InChI is InChI=1S/C13H15N3O3S/c17-13(10-3-6-20-8-10)14-4-1-11-15-12(16-19-11)9-2-5-18-7-9/h3,6,8-9H,1-2,4-5,7H2,(H,14,17)/t9-/m0/s1. The molecular weight excluding hydrogens is 278 g/mol. The lowest BCUT2D eigenvalue weighted by molar-refractivity contribution is 0.0954. The predicted molar refractivity (Wildman–Crippen MR) is 72.8 cm³/mol. The smallest absolute Gasteiger partial charge is 0.252 e. The third-order valence-corrected chi connectivity index (χ3v) is 3.87. The van der Waals surface area contributed by atoms with Gasteiger partial charge in [-0.1, -0.05) is 5.16 Å². The van der Waals surface area contributed by atoms with Crippen molar-refractivity contribution in [3.05, 3.63) is 34.1 Å². The number of carbonyl (C=O) groups excluding carboxylic acids is 1. The zero-order valence-electron chi connectivity index (χ0n) is 10.9. The highest BCUT2D eigenvalue weighted by atomic mass is 32.1. The van der Waals surface area contributed by atoms with Crippen LogP contribution >= 0.6 is 11.3 Å². The number of hydrogen-bond donors (Lipinski definition) is 1. The number of nitrogens with one attached hydrogen (secondary N) is 1. The van der Waals surface area contributed by atoms with Crippen molar-refractivity contribution in [1.82, 2.24) is 15.5 Å². The van der Waals surface area contributed by atoms with Gasteiger partial charge in [0.25, 0.3) is 5.91 Å². The second-order valence-electron chi connectivity index (χ2n) is 4.62. The maximum absolute atomic E-state index is 11.7. The van der Waals surface area contributed by atoms with Crippen LogP contribution in [0.1, 0.15) is 34.4 Å². The van der Waals surface area contributed by atoms with Crippen LogP contribution in [0.5, 0.6) is 0 Å². The van der Waals surface area contributed by atoms with Gasteiger partial charge >= 0.3 is 0 Å². The van der Waals surface area contributed by atoms with Crippen LogP contribution < -0.4 is 5.32 Å². The van der Waals surface area contributed by atoms with E-state index in [9.17, 15) is 4.79 Å². The molecule has 0 spiro atoms. The average Bonchev–Trinajstić information content (AvgIpc) is 3.20. The van der Waals surface area contributed by atoms with E-state index < -0.39 is 0 Å². The number of aromatic nitrogens is 2. The molecule has 1 amide bonds. The third-order valence-electron chi connectivity index (χ3n) is 3.19. The van der Waals surface area contributed by atoms with Gasteiger partial charge in [-0.15, -0.1) is 0 Å². The minimum Gasteiger partial charge on any atom is -0.381 e. The fourth-order valence-corrected chi connectivity index (χ4v) is 2.69. The van der Waals surface area contributed by atoms with E-state index in [1.165, 1.54) is 11.3 Å². The number of rotatable bonds is 5. The van der Waals surface area contributed by atoms with Crippen LogP contribution in [-0.2, 0) is 11.2 Å². The van der Waals surface area contributed by atoms with E-state index in [1.807, 2.05) is 10.8 Å². The fraction of sp³-hybridized carbons (Fsp3) is 0.462. The molecule has 20 heavy (non-hydrogen) atoms. The highest BCUT2D eigenvalue weighted by Gasteiger charge is 2.22. The highest BCUT2D eigenvalue weighted by Crippen LogP contribution is 2.22. The van der Waals surface area contributed by atoms with Crippen molar-refractivity contribution in [2.75, 3.05) is 19.8 Å². The summed E-state index contributed by atoms with van der Waals surface area (Å²) in [4.78, 5) is 16.1. The molecule has 2 aromatic rings. The van der Waals surface area contributed by atoms with Gasteiger partial charge in [-0.3, -0.25) is 4.79 Å². The van der Waals surface area contributed by atoms with E-state index in [0.717, 1.165) is 13.0 Å². The first-order valence-electron chi connectivity index (χ1n) is 6.53. The Balaban J connectivity index is 1.48. The van der Waals surface area contributed by atoms with Gasteiger partial charge in [0, 0.05) is 36.4 Å². The molecule has 3 heterocycles. The highest BCUT2D eigenvalue weighted by molar-refractivity contribution is 7.08. The van der Waals surface area contributed by atoms with Crippen molar-refractivity contribution in [2.24, 2.45) is 0 Å². The largest absolute Gasteiger partial charge is 0.381 e. The van der Waals surface area contributed by atoms with E-state index in [1.54, 1.807) is 6.07 Å². The zero-order chi connectivity index (χ0) is 13.8. The van der Waals surface area contributed by atoms with E-state index >= 15 is 0 Å². The maximum atomic E-state index is 11.7. The van der Waals surface area contributed by atoms with Crippen molar-refractivity contribution < 1.29 is 14.1 Å². The van der Waals surface area contributed by atoms with E-state index in [-0.39, 0.29) is 11.8 Å². The van der Waals surface area contributed by atoms with Crippen LogP contribution in [-0.4, -0.2) is 35.8 Å². The minimum absolute atomic E-state index is 0.0739. The number of thiophene rings is 1. The lowest BCUT2D eigenvalue weighted by Gasteiger charge is -2.00. The van der Waals surface area contributed by atoms with Crippen molar-refractivity contribution in [3.63, 3.8) is 0 Å². The van der Waals surface area contributed by atoms with Gasteiger partial charge in [0.05, 0.1) is 6.61 Å². The van der Waals surface area contributed by atoms with Crippen LogP contribution in [0.2, 0.25) is 0 Å². The monoisotopic (exact) mass is 293 g/mol. The quantitative estimate of drug-likeness (QED) is 0.906. The lowest BCUT2D eigenvalue weighted by atomic mass is 10.1. The van der Waals surface area contributed by atoms with Crippen LogP contribution in [0.25, 0.3) is 0 Å². The Labute approximate surface area is 120 Å². The van der Waals surface area contributed by atoms with E-state index in [0.29, 0.717) is 36.9 Å². The fourth-order valence-electron chi connectivity index (χ4n) is 2.05. The molecule has 0 bridgehead atoms. The molecule has 1 fully saturated rings. The van der Waals surface area contributed by atoms with Gasteiger partial charge in [-0.2, -0.15) is 16.3 Å². The SMILES string of the molecule is O=C(NCCc1nc([C@H]2CCOC2)no1)c1ccsc1. The Morgan fingerprint density at radius 1 is 1.55 bits per heavy atom. The number of ether oxygens (including phenoxy) is 1. The van der Waals surface area contributed by atoms with Crippen LogP contribution in [0.3, 0.4) is 0 Å². The molecule has 0 saturated carbocycles. The topological polar surface area (TPSA) is 77.2 Å². The number of carbonyl (C=O) groups is 1. The summed E-state index contributed by atoms with van der Waals surface area (Å²) < 4.78 is 10.5. The van der Waals surface area contributed by atoms with Crippen molar-refractivity contribution in [3.8, 4) is 0 Å². The van der Waals surface area contributed by atoms with Crippen LogP contribution in [0, 0.1) is 0 Å². The normalized spacial score (nSPS) is 18.3. The predicted octanol–water partition coefficient (Wildman–Crippen LogP) is 1.61. The Morgan fingerprint density at radius 2 is 2.50 bits per heavy atom. The third kappa shape index (κ3) is 3.05. The molecule has 6 nitrogen and oxygen atoms in total. The van der Waals surface area contributed by atoms with Gasteiger partial charge in [0.15, 0.2) is 5.82 Å². The second kappa shape index (κ2) is 6.15. The summed E-state index contributed by atoms with van der Waals surface area (Å²) in [6.07, 6.45) is 1.48. The summed E-state index contributed by atoms with van der Waals surface area (Å²) >= 11 is 1.50. The summed E-state index contributed by atoms with van der Waals surface area (Å²) in [6, 6.07) is 1.80. The van der Waals surface area contributed by atoms with E-state index in [2.05, 4.69) is 15.5 Å². The van der Waals surface area contributed by atoms with Gasteiger partial charge in [-0.05, 0) is 17.9 Å². The Morgan fingerprint density at radius 3 is 3.25 bits per heavy atom. The van der Waals surface area contributed by atoms with Crippen molar-refractivity contribution >= 4 is 17.2 Å². The number of nitrogens with zero attached hydrogens (tertiary/aromatic N) is 2. The molecule has 1 aliphatic rings. The number of amides is 1. The lowest BCUT2D eigenvalue weighted by Crippen LogP contribution is -2.25. The summed E-state index contributed by atoms with van der Waals surface area (Å²) in [5.74, 6) is 1.43. The molecule has 1 aliphatic heterocycles. The molecule has 106 valence electrons. The first kappa shape index (κ1) is 13.3. The molecule has 0 aliphatic carbocycles. The Bertz CT molecular complexity index is 561. The molecular formula is C13H15N3O3S. The molecule has 0 aromatic carbocycles. The second-order valence-corrected chi connectivity index (χ2v) is 5.40. The first-order valence-corrected chi connectivity index (χ1v) is 7.48. The molecule has 1 saturated heterocycles. The maximum Gasteiger partial charge on any atom is 0.252 e. The van der Waals surface area contributed by atoms with Gasteiger partial charge in [0.1, 0.15) is 0 Å². The Kier molecular flexibility index (Phi) is 4.08. The van der Waals surface area contributed by atoms with Gasteiger partial charge in [-0.25, -0.2) is 0 Å². The molecule has 1 N–H and O–H groups in total. The van der Waals surface area contributed by atoms with E-state index in [4.69, 9.17) is 9.26 Å². The van der Waals surface area contributed by atoms with Gasteiger partial charge in [0.2, 0.25) is 5.89 Å². The molecule has 0 unspecified atom stereocenters. The summed E-state index contributed by atoms with van der Waals surface area (Å²) in [5, 5.41) is 10.5. The average molecular weight is 293 g/mol. The Hall–Kier alpha value is -1.73. The molecule has 2 aromatic heterocycles. The molecule has 7 heteroatoms. The zero-order valence-corrected chi connectivity index (χ0v) is 11.7. The minimum atomic E-state index is -0.0739. The van der Waals surface area contributed by atoms with Crippen molar-refractivity contribution in [1.29, 1.82) is 0 Å². The van der Waals surface area contributed by atoms with Gasteiger partial charge < -0.3 is 14.6 Å².